The number of fused-ring (bicyclic) bond motifs is 1. The highest BCUT2D eigenvalue weighted by Crippen LogP contribution is 2.38. The molecule has 6 nitrogen and oxygen atoms in total. The zero-order valence-electron chi connectivity index (χ0n) is 15.4. The van der Waals surface area contributed by atoms with Crippen molar-refractivity contribution in [3.05, 3.63) is 28.8 Å². The summed E-state index contributed by atoms with van der Waals surface area (Å²) in [6.45, 7) is 2.94. The summed E-state index contributed by atoms with van der Waals surface area (Å²) in [7, 11) is 3.48. The molecule has 7 heteroatoms. The number of hydrogen-bond donors (Lipinski definition) is 2. The van der Waals surface area contributed by atoms with E-state index in [0.717, 1.165) is 18.5 Å². The molecule has 2 amide bonds. The van der Waals surface area contributed by atoms with Crippen LogP contribution in [0.25, 0.3) is 0 Å². The van der Waals surface area contributed by atoms with Gasteiger partial charge in [0.25, 0.3) is 5.91 Å². The first-order valence-electron chi connectivity index (χ1n) is 8.99. The largest absolute Gasteiger partial charge is 0.387 e. The molecule has 26 heavy (non-hydrogen) atoms. The molecule has 142 valence electrons. The van der Waals surface area contributed by atoms with Gasteiger partial charge < -0.3 is 20.3 Å². The van der Waals surface area contributed by atoms with E-state index in [1.54, 1.807) is 26.3 Å². The number of methoxy groups -OCH3 is 1. The third-order valence-electron chi connectivity index (χ3n) is 5.58. The van der Waals surface area contributed by atoms with Gasteiger partial charge in [-0.3, -0.25) is 9.59 Å². The van der Waals surface area contributed by atoms with Crippen LogP contribution in [0, 0.1) is 11.8 Å². The van der Waals surface area contributed by atoms with Gasteiger partial charge in [-0.1, -0.05) is 11.6 Å². The van der Waals surface area contributed by atoms with E-state index in [-0.39, 0.29) is 24.0 Å². The van der Waals surface area contributed by atoms with E-state index >= 15 is 0 Å². The Bertz CT molecular complexity index is 697. The zero-order chi connectivity index (χ0) is 18.8. The third-order valence-corrected chi connectivity index (χ3v) is 5.81. The van der Waals surface area contributed by atoms with Gasteiger partial charge in [0.05, 0.1) is 17.7 Å². The Balaban J connectivity index is 1.75. The van der Waals surface area contributed by atoms with E-state index in [9.17, 15) is 9.59 Å². The number of carbonyl (C=O) groups is 2. The van der Waals surface area contributed by atoms with Crippen LogP contribution in [0.3, 0.4) is 0 Å². The molecule has 1 aromatic rings. The third kappa shape index (κ3) is 3.81. The van der Waals surface area contributed by atoms with Crippen LogP contribution < -0.4 is 10.6 Å². The molecule has 4 atom stereocenters. The molecule has 0 bridgehead atoms. The second kappa shape index (κ2) is 7.84. The summed E-state index contributed by atoms with van der Waals surface area (Å²) >= 11 is 6.10. The van der Waals surface area contributed by atoms with E-state index in [2.05, 4.69) is 10.6 Å². The lowest BCUT2D eigenvalue weighted by molar-refractivity contribution is -0.121. The minimum Gasteiger partial charge on any atom is -0.387 e. The highest BCUT2D eigenvalue weighted by Gasteiger charge is 2.44. The van der Waals surface area contributed by atoms with Gasteiger partial charge in [-0.05, 0) is 42.9 Å². The van der Waals surface area contributed by atoms with Crippen molar-refractivity contribution in [1.82, 2.24) is 10.2 Å². The Morgan fingerprint density at radius 2 is 1.92 bits per heavy atom. The Kier molecular flexibility index (Phi) is 5.73. The summed E-state index contributed by atoms with van der Waals surface area (Å²) in [5, 5.41) is 6.61. The molecule has 2 N–H and O–H groups in total. The quantitative estimate of drug-likeness (QED) is 0.842. The van der Waals surface area contributed by atoms with Gasteiger partial charge in [0.1, 0.15) is 0 Å². The predicted molar refractivity (Wildman–Crippen MR) is 102 cm³/mol. The minimum atomic E-state index is -0.0426. The van der Waals surface area contributed by atoms with Crippen molar-refractivity contribution in [3.63, 3.8) is 0 Å². The zero-order valence-corrected chi connectivity index (χ0v) is 16.2. The van der Waals surface area contributed by atoms with Crippen LogP contribution in [-0.2, 0) is 9.53 Å². The van der Waals surface area contributed by atoms with Crippen molar-refractivity contribution in [1.29, 1.82) is 0 Å². The average molecular weight is 380 g/mol. The summed E-state index contributed by atoms with van der Waals surface area (Å²) in [5.41, 5.74) is 1.38. The SMILES string of the molecule is CNc1ccc(Cl)cc1C(=O)N1C[C@H]2C[C@@H](NC(C)=O)[C@H](OC)C[C@H]2C1. The molecule has 1 saturated carbocycles. The van der Waals surface area contributed by atoms with Crippen molar-refractivity contribution >= 4 is 29.1 Å². The van der Waals surface area contributed by atoms with Gasteiger partial charge in [0.2, 0.25) is 5.91 Å². The van der Waals surface area contributed by atoms with Crippen molar-refractivity contribution < 1.29 is 14.3 Å². The summed E-state index contributed by atoms with van der Waals surface area (Å²) < 4.78 is 5.60. The second-order valence-electron chi connectivity index (χ2n) is 7.22. The smallest absolute Gasteiger partial charge is 0.256 e. The molecule has 1 heterocycles. The van der Waals surface area contributed by atoms with E-state index in [1.807, 2.05) is 11.0 Å². The summed E-state index contributed by atoms with van der Waals surface area (Å²) in [6.07, 6.45) is 1.68. The Morgan fingerprint density at radius 3 is 2.54 bits per heavy atom. The monoisotopic (exact) mass is 379 g/mol. The van der Waals surface area contributed by atoms with Crippen molar-refractivity contribution in [2.24, 2.45) is 11.8 Å². The van der Waals surface area contributed by atoms with Crippen molar-refractivity contribution in [2.45, 2.75) is 31.9 Å². The lowest BCUT2D eigenvalue weighted by atomic mass is 9.77. The first-order valence-corrected chi connectivity index (χ1v) is 9.37. The first-order chi connectivity index (χ1) is 12.4. The molecular formula is C19H26ClN3O3. The lowest BCUT2D eigenvalue weighted by Crippen LogP contribution is -2.49. The van der Waals surface area contributed by atoms with E-state index in [0.29, 0.717) is 35.5 Å². The van der Waals surface area contributed by atoms with Crippen LogP contribution >= 0.6 is 11.6 Å². The first kappa shape index (κ1) is 19.0. The summed E-state index contributed by atoms with van der Waals surface area (Å²) in [4.78, 5) is 26.4. The maximum Gasteiger partial charge on any atom is 0.256 e. The highest BCUT2D eigenvalue weighted by atomic mass is 35.5. The van der Waals surface area contributed by atoms with E-state index in [4.69, 9.17) is 16.3 Å². The standard InChI is InChI=1S/C19H26ClN3O3/c1-11(24)22-17-6-12-9-23(10-13(12)7-18(17)26-3)19(25)15-8-14(20)4-5-16(15)21-2/h4-5,8,12-13,17-18,21H,6-7,9-10H2,1-3H3,(H,22,24)/t12-,13+,17-,18-/m1/s1. The minimum absolute atomic E-state index is 0.00343. The van der Waals surface area contributed by atoms with Gasteiger partial charge in [-0.2, -0.15) is 0 Å². The van der Waals surface area contributed by atoms with Crippen LogP contribution in [0.4, 0.5) is 5.69 Å². The molecule has 1 aliphatic carbocycles. The number of carbonyl (C=O) groups excluding carboxylic acids is 2. The molecular weight excluding hydrogens is 354 g/mol. The molecule has 0 spiro atoms. The van der Waals surface area contributed by atoms with Crippen LogP contribution in [0.15, 0.2) is 18.2 Å². The van der Waals surface area contributed by atoms with Crippen LogP contribution in [0.5, 0.6) is 0 Å². The molecule has 0 aromatic heterocycles. The molecule has 0 unspecified atom stereocenters. The number of likely N-dealkylation sites (tertiary alicyclic amines) is 1. The lowest BCUT2D eigenvalue weighted by Gasteiger charge is -2.37. The number of nitrogens with one attached hydrogen (secondary N) is 2. The van der Waals surface area contributed by atoms with Crippen LogP contribution in [0.2, 0.25) is 5.02 Å². The fourth-order valence-electron chi connectivity index (χ4n) is 4.33. The van der Waals surface area contributed by atoms with Crippen LogP contribution in [0.1, 0.15) is 30.1 Å². The molecule has 1 aromatic carbocycles. The second-order valence-corrected chi connectivity index (χ2v) is 7.66. The van der Waals surface area contributed by atoms with Gasteiger partial charge in [0.15, 0.2) is 0 Å². The summed E-state index contributed by atoms with van der Waals surface area (Å²) in [6, 6.07) is 5.32. The number of hydrogen-bond acceptors (Lipinski definition) is 4. The van der Waals surface area contributed by atoms with Crippen LogP contribution in [-0.4, -0.2) is 56.1 Å². The Hall–Kier alpha value is -1.79. The number of nitrogens with zero attached hydrogens (tertiary/aromatic N) is 1. The number of amides is 2. The maximum atomic E-state index is 13.1. The number of ether oxygens (including phenoxy) is 1. The van der Waals surface area contributed by atoms with Gasteiger partial charge in [-0.25, -0.2) is 0 Å². The molecule has 1 saturated heterocycles. The molecule has 1 aliphatic heterocycles. The van der Waals surface area contributed by atoms with Gasteiger partial charge in [0, 0.05) is 44.9 Å². The predicted octanol–water partition coefficient (Wildman–Crippen LogP) is 2.38. The van der Waals surface area contributed by atoms with E-state index < -0.39 is 0 Å². The Labute approximate surface area is 159 Å². The topological polar surface area (TPSA) is 70.7 Å². The molecule has 3 rings (SSSR count). The fourth-order valence-corrected chi connectivity index (χ4v) is 4.51. The average Bonchev–Trinajstić information content (AvgIpc) is 3.02. The molecule has 2 aliphatic rings. The van der Waals surface area contributed by atoms with E-state index in [1.165, 1.54) is 6.92 Å². The summed E-state index contributed by atoms with van der Waals surface area (Å²) in [5.74, 6) is 0.723. The van der Waals surface area contributed by atoms with Gasteiger partial charge >= 0.3 is 0 Å². The number of rotatable bonds is 4. The number of anilines is 1. The number of benzene rings is 1. The van der Waals surface area contributed by atoms with Crippen molar-refractivity contribution in [2.75, 3.05) is 32.6 Å². The molecule has 0 radical (unpaired) electrons. The number of halogens is 1. The molecule has 2 fully saturated rings. The maximum absolute atomic E-state index is 13.1. The Morgan fingerprint density at radius 1 is 1.23 bits per heavy atom. The fraction of sp³-hybridized carbons (Fsp3) is 0.579. The normalized spacial score (nSPS) is 27.8. The van der Waals surface area contributed by atoms with Gasteiger partial charge in [-0.15, -0.1) is 0 Å². The highest BCUT2D eigenvalue weighted by molar-refractivity contribution is 6.31. The van der Waals surface area contributed by atoms with Crippen molar-refractivity contribution in [3.8, 4) is 0 Å².